The molecule has 1 N–H and O–H groups in total. The molecule has 0 aliphatic rings. The molecular weight excluding hydrogens is 354 g/mol. The average Bonchev–Trinajstić information content (AvgIpc) is 3.14. The minimum Gasteiger partial charge on any atom is -0.497 e. The van der Waals surface area contributed by atoms with E-state index >= 15 is 0 Å². The van der Waals surface area contributed by atoms with Crippen molar-refractivity contribution in [3.8, 4) is 22.6 Å². The Morgan fingerprint density at radius 1 is 1.29 bits per heavy atom. The minimum absolute atomic E-state index is 0.155. The van der Waals surface area contributed by atoms with Crippen LogP contribution in [0.1, 0.15) is 25.0 Å². The number of methoxy groups -OCH3 is 1. The van der Waals surface area contributed by atoms with E-state index in [0.29, 0.717) is 6.61 Å². The highest BCUT2D eigenvalue weighted by atomic mass is 16.5. The van der Waals surface area contributed by atoms with E-state index in [4.69, 9.17) is 13.9 Å². The van der Waals surface area contributed by atoms with Gasteiger partial charge in [-0.25, -0.2) is 0 Å². The molecule has 0 atom stereocenters. The van der Waals surface area contributed by atoms with Crippen LogP contribution >= 0.6 is 0 Å². The summed E-state index contributed by atoms with van der Waals surface area (Å²) < 4.78 is 17.2. The van der Waals surface area contributed by atoms with Gasteiger partial charge in [0, 0.05) is 35.2 Å². The molecule has 0 bridgehead atoms. The monoisotopic (exact) mass is 379 g/mol. The van der Waals surface area contributed by atoms with E-state index in [9.17, 15) is 4.79 Å². The molecule has 0 saturated heterocycles. The lowest BCUT2D eigenvalue weighted by molar-refractivity contribution is -0.116. The van der Waals surface area contributed by atoms with E-state index < -0.39 is 0 Å². The van der Waals surface area contributed by atoms with Crippen molar-refractivity contribution in [1.29, 1.82) is 0 Å². The highest BCUT2D eigenvalue weighted by Gasteiger charge is 2.19. The molecule has 5 heteroatoms. The van der Waals surface area contributed by atoms with Gasteiger partial charge in [0.15, 0.2) is 0 Å². The lowest BCUT2D eigenvalue weighted by atomic mass is 9.96. The van der Waals surface area contributed by atoms with Gasteiger partial charge in [-0.15, -0.1) is 0 Å². The van der Waals surface area contributed by atoms with Gasteiger partial charge in [-0.1, -0.05) is 12.1 Å². The van der Waals surface area contributed by atoms with Crippen LogP contribution in [0.25, 0.3) is 27.7 Å². The van der Waals surface area contributed by atoms with E-state index in [0.717, 1.165) is 50.3 Å². The van der Waals surface area contributed by atoms with Crippen LogP contribution in [0.2, 0.25) is 0 Å². The first-order chi connectivity index (χ1) is 13.5. The van der Waals surface area contributed by atoms with Crippen LogP contribution in [0.4, 0.5) is 0 Å². The first-order valence-corrected chi connectivity index (χ1v) is 9.22. The van der Waals surface area contributed by atoms with Crippen molar-refractivity contribution in [1.82, 2.24) is 5.32 Å². The summed E-state index contributed by atoms with van der Waals surface area (Å²) in [6, 6.07) is 9.88. The molecule has 0 radical (unpaired) electrons. The number of aryl methyl sites for hydroxylation is 1. The van der Waals surface area contributed by atoms with Crippen LogP contribution in [0.5, 0.6) is 11.5 Å². The maximum absolute atomic E-state index is 11.9. The highest BCUT2D eigenvalue weighted by molar-refractivity contribution is 6.01. The first kappa shape index (κ1) is 19.5. The van der Waals surface area contributed by atoms with Crippen molar-refractivity contribution in [3.05, 3.63) is 53.8 Å². The molecule has 0 saturated carbocycles. The number of carbonyl (C=O) groups is 1. The normalized spacial score (nSPS) is 11.5. The van der Waals surface area contributed by atoms with Gasteiger partial charge in [-0.3, -0.25) is 4.79 Å². The second-order valence-electron chi connectivity index (χ2n) is 6.51. The van der Waals surface area contributed by atoms with Crippen LogP contribution in [-0.4, -0.2) is 26.7 Å². The molecule has 0 aliphatic heterocycles. The van der Waals surface area contributed by atoms with E-state index in [1.165, 1.54) is 0 Å². The summed E-state index contributed by atoms with van der Waals surface area (Å²) >= 11 is 0. The Morgan fingerprint density at radius 3 is 2.75 bits per heavy atom. The van der Waals surface area contributed by atoms with Gasteiger partial charge in [0.1, 0.15) is 17.1 Å². The topological polar surface area (TPSA) is 60.7 Å². The summed E-state index contributed by atoms with van der Waals surface area (Å²) in [5.74, 6) is 1.36. The lowest BCUT2D eigenvalue weighted by Gasteiger charge is -2.15. The van der Waals surface area contributed by atoms with Crippen LogP contribution in [-0.2, 0) is 4.79 Å². The first-order valence-electron chi connectivity index (χ1n) is 9.22. The Kier molecular flexibility index (Phi) is 5.73. The van der Waals surface area contributed by atoms with E-state index in [-0.39, 0.29) is 5.91 Å². The maximum atomic E-state index is 11.9. The largest absolute Gasteiger partial charge is 0.497 e. The van der Waals surface area contributed by atoms with E-state index in [1.807, 2.05) is 51.1 Å². The van der Waals surface area contributed by atoms with E-state index in [1.54, 1.807) is 26.5 Å². The van der Waals surface area contributed by atoms with Crippen molar-refractivity contribution in [2.45, 2.75) is 20.8 Å². The molecule has 0 aliphatic carbocycles. The fourth-order valence-electron chi connectivity index (χ4n) is 3.30. The molecule has 2 aromatic carbocycles. The summed E-state index contributed by atoms with van der Waals surface area (Å²) in [6.45, 7) is 6.34. The van der Waals surface area contributed by atoms with Crippen molar-refractivity contribution < 1.29 is 18.7 Å². The van der Waals surface area contributed by atoms with Crippen LogP contribution in [0, 0.1) is 6.92 Å². The predicted octanol–water partition coefficient (Wildman–Crippen LogP) is 4.96. The number of rotatable bonds is 6. The predicted molar refractivity (Wildman–Crippen MR) is 112 cm³/mol. The molecule has 146 valence electrons. The maximum Gasteiger partial charge on any atom is 0.244 e. The molecule has 1 aromatic heterocycles. The van der Waals surface area contributed by atoms with Gasteiger partial charge in [0.2, 0.25) is 5.91 Å². The van der Waals surface area contributed by atoms with Gasteiger partial charge in [0.05, 0.1) is 20.0 Å². The molecule has 1 heterocycles. The third kappa shape index (κ3) is 3.60. The average molecular weight is 379 g/mol. The molecular formula is C23H25NO4. The zero-order valence-electron chi connectivity index (χ0n) is 16.9. The molecule has 5 nitrogen and oxygen atoms in total. The van der Waals surface area contributed by atoms with Gasteiger partial charge in [-0.05, 0) is 50.1 Å². The van der Waals surface area contributed by atoms with Crippen LogP contribution < -0.4 is 14.8 Å². The number of ether oxygens (including phenoxy) is 2. The van der Waals surface area contributed by atoms with Crippen LogP contribution in [0.15, 0.2) is 47.1 Å². The minimum atomic E-state index is -0.155. The second-order valence-corrected chi connectivity index (χ2v) is 6.51. The number of likely N-dealkylation sites (N-methyl/N-ethyl adjacent to an activating group) is 1. The molecule has 1 amide bonds. The summed E-state index contributed by atoms with van der Waals surface area (Å²) in [6.07, 6.45) is 3.33. The van der Waals surface area contributed by atoms with Crippen molar-refractivity contribution in [2.24, 2.45) is 0 Å². The van der Waals surface area contributed by atoms with Crippen LogP contribution in [0.3, 0.4) is 0 Å². The van der Waals surface area contributed by atoms with Gasteiger partial charge >= 0.3 is 0 Å². The van der Waals surface area contributed by atoms with E-state index in [2.05, 4.69) is 5.32 Å². The standard InChI is InChI=1S/C23H25NO4/c1-6-27-22-15(3)23-19(12-18(22)14(2)10-21(25)24-4)20(13-28-23)16-8-7-9-17(11-16)26-5/h7-13H,6H2,1-5H3,(H,24,25)/b14-10+. The summed E-state index contributed by atoms with van der Waals surface area (Å²) in [5.41, 5.74) is 5.35. The SMILES string of the molecule is CCOc1c(/C(C)=C/C(=O)NC)cc2c(-c3cccc(OC)c3)coc2c1C. The molecule has 0 spiro atoms. The Labute approximate surface area is 164 Å². The highest BCUT2D eigenvalue weighted by Crippen LogP contribution is 2.41. The number of furan rings is 1. The fraction of sp³-hybridized carbons (Fsp3) is 0.261. The molecule has 0 fully saturated rings. The number of fused-ring (bicyclic) bond motifs is 1. The zero-order valence-corrected chi connectivity index (χ0v) is 16.9. The quantitative estimate of drug-likeness (QED) is 0.615. The number of hydrogen-bond donors (Lipinski definition) is 1. The Hall–Kier alpha value is -3.21. The lowest BCUT2D eigenvalue weighted by Crippen LogP contribution is -2.14. The fourth-order valence-corrected chi connectivity index (χ4v) is 3.30. The zero-order chi connectivity index (χ0) is 20.3. The van der Waals surface area contributed by atoms with Gasteiger partial charge in [0.25, 0.3) is 0 Å². The third-order valence-electron chi connectivity index (χ3n) is 4.73. The van der Waals surface area contributed by atoms with Crippen molar-refractivity contribution in [3.63, 3.8) is 0 Å². The molecule has 28 heavy (non-hydrogen) atoms. The molecule has 3 aromatic rings. The number of hydrogen-bond acceptors (Lipinski definition) is 4. The smallest absolute Gasteiger partial charge is 0.244 e. The number of carbonyl (C=O) groups excluding carboxylic acids is 1. The third-order valence-corrected chi connectivity index (χ3v) is 4.73. The Bertz CT molecular complexity index is 1050. The van der Waals surface area contributed by atoms with Gasteiger partial charge < -0.3 is 19.2 Å². The van der Waals surface area contributed by atoms with Crippen molar-refractivity contribution in [2.75, 3.05) is 20.8 Å². The Morgan fingerprint density at radius 2 is 2.07 bits per heavy atom. The number of nitrogens with one attached hydrogen (secondary N) is 1. The summed E-state index contributed by atoms with van der Waals surface area (Å²) in [5, 5.41) is 3.59. The van der Waals surface area contributed by atoms with Crippen molar-refractivity contribution >= 4 is 22.4 Å². The number of allylic oxidation sites excluding steroid dienone is 1. The Balaban J connectivity index is 2.26. The summed E-state index contributed by atoms with van der Waals surface area (Å²) in [4.78, 5) is 11.9. The molecule has 0 unspecified atom stereocenters. The molecule has 3 rings (SSSR count). The second kappa shape index (κ2) is 8.21. The van der Waals surface area contributed by atoms with Gasteiger partial charge in [-0.2, -0.15) is 0 Å². The number of amides is 1. The number of benzene rings is 2. The summed E-state index contributed by atoms with van der Waals surface area (Å²) in [7, 11) is 3.26.